The molecule has 3 heterocycles. The van der Waals surface area contributed by atoms with Gasteiger partial charge in [0.2, 0.25) is 0 Å². The number of nitrogens with zero attached hydrogens (tertiary/aromatic N) is 4. The molecule has 0 saturated carbocycles. The molecule has 0 N–H and O–H groups in total. The van der Waals surface area contributed by atoms with Crippen LogP contribution in [-0.2, 0) is 0 Å². The van der Waals surface area contributed by atoms with Crippen molar-refractivity contribution in [2.45, 2.75) is 12.8 Å². The second-order valence-electron chi connectivity index (χ2n) is 5.26. The van der Waals surface area contributed by atoms with E-state index in [0.29, 0.717) is 24.5 Å². The maximum absolute atomic E-state index is 12.5. The van der Waals surface area contributed by atoms with Crippen molar-refractivity contribution in [1.82, 2.24) is 19.9 Å². The minimum absolute atomic E-state index is 0.00255. The minimum atomic E-state index is -0.204. The van der Waals surface area contributed by atoms with Gasteiger partial charge in [-0.15, -0.1) is 0 Å². The average molecular weight is 296 g/mol. The monoisotopic (exact) mass is 296 g/mol. The Labute approximate surface area is 128 Å². The van der Waals surface area contributed by atoms with Crippen molar-refractivity contribution in [3.63, 3.8) is 0 Å². The van der Waals surface area contributed by atoms with Crippen LogP contribution in [0, 0.1) is 5.92 Å². The van der Waals surface area contributed by atoms with Crippen LogP contribution in [0.4, 0.5) is 0 Å². The fourth-order valence-corrected chi connectivity index (χ4v) is 2.66. The first kappa shape index (κ1) is 14.3. The molecule has 1 atom stereocenters. The van der Waals surface area contributed by atoms with Crippen molar-refractivity contribution in [2.24, 2.45) is 5.92 Å². The van der Waals surface area contributed by atoms with Crippen molar-refractivity contribution in [3.05, 3.63) is 54.4 Å². The van der Waals surface area contributed by atoms with E-state index in [-0.39, 0.29) is 17.6 Å². The highest BCUT2D eigenvalue weighted by Crippen LogP contribution is 2.21. The molecule has 6 heteroatoms. The lowest BCUT2D eigenvalue weighted by atomic mass is 9.92. The minimum Gasteiger partial charge on any atom is -0.337 e. The summed E-state index contributed by atoms with van der Waals surface area (Å²) in [5, 5.41) is 0. The molecule has 1 saturated heterocycles. The average Bonchev–Trinajstić information content (AvgIpc) is 2.62. The molecule has 2 aromatic rings. The standard InChI is InChI=1S/C16H16N4O2/c21-15(13-5-1-2-6-18-13)12-4-3-9-20(11-12)16(22)14-10-17-7-8-19-14/h1-2,5-8,10,12H,3-4,9,11H2/t12-/m1/s1. The van der Waals surface area contributed by atoms with Gasteiger partial charge in [-0.3, -0.25) is 19.6 Å². The summed E-state index contributed by atoms with van der Waals surface area (Å²) in [5.74, 6) is -0.381. The third kappa shape index (κ3) is 3.00. The highest BCUT2D eigenvalue weighted by molar-refractivity contribution is 5.97. The van der Waals surface area contributed by atoms with Crippen LogP contribution in [0.3, 0.4) is 0 Å². The Morgan fingerprint density at radius 2 is 1.95 bits per heavy atom. The molecule has 0 bridgehead atoms. The maximum Gasteiger partial charge on any atom is 0.274 e. The van der Waals surface area contributed by atoms with E-state index in [2.05, 4.69) is 15.0 Å². The fourth-order valence-electron chi connectivity index (χ4n) is 2.66. The zero-order valence-corrected chi connectivity index (χ0v) is 12.1. The van der Waals surface area contributed by atoms with Gasteiger partial charge in [0.15, 0.2) is 5.78 Å². The van der Waals surface area contributed by atoms with Gasteiger partial charge in [-0.05, 0) is 25.0 Å². The maximum atomic E-state index is 12.5. The van der Waals surface area contributed by atoms with E-state index < -0.39 is 0 Å². The Morgan fingerprint density at radius 3 is 2.68 bits per heavy atom. The van der Waals surface area contributed by atoms with Crippen molar-refractivity contribution >= 4 is 11.7 Å². The molecule has 1 amide bonds. The Bertz CT molecular complexity index is 603. The molecule has 2 aromatic heterocycles. The summed E-state index contributed by atoms with van der Waals surface area (Å²) in [5.41, 5.74) is 0.773. The summed E-state index contributed by atoms with van der Waals surface area (Å²) in [6, 6.07) is 5.29. The van der Waals surface area contributed by atoms with Gasteiger partial charge < -0.3 is 4.90 Å². The predicted octanol–water partition coefficient (Wildman–Crippen LogP) is 1.61. The van der Waals surface area contributed by atoms with Crippen molar-refractivity contribution in [3.8, 4) is 0 Å². The highest BCUT2D eigenvalue weighted by atomic mass is 16.2. The summed E-state index contributed by atoms with van der Waals surface area (Å²) in [6.45, 7) is 1.05. The smallest absolute Gasteiger partial charge is 0.274 e. The number of carbonyl (C=O) groups excluding carboxylic acids is 2. The van der Waals surface area contributed by atoms with E-state index in [9.17, 15) is 9.59 Å². The van der Waals surface area contributed by atoms with E-state index in [1.807, 2.05) is 0 Å². The number of aromatic nitrogens is 3. The van der Waals surface area contributed by atoms with E-state index in [1.165, 1.54) is 18.6 Å². The number of amides is 1. The molecule has 1 aliphatic rings. The van der Waals surface area contributed by atoms with Crippen molar-refractivity contribution in [2.75, 3.05) is 13.1 Å². The molecule has 1 fully saturated rings. The van der Waals surface area contributed by atoms with Crippen LogP contribution in [0.25, 0.3) is 0 Å². The number of ketones is 1. The number of likely N-dealkylation sites (tertiary alicyclic amines) is 1. The fraction of sp³-hybridized carbons (Fsp3) is 0.312. The number of piperidine rings is 1. The molecular weight excluding hydrogens is 280 g/mol. The van der Waals surface area contributed by atoms with Crippen molar-refractivity contribution in [1.29, 1.82) is 0 Å². The third-order valence-electron chi connectivity index (χ3n) is 3.78. The first-order valence-corrected chi connectivity index (χ1v) is 7.26. The Hall–Kier alpha value is -2.63. The Balaban J connectivity index is 1.72. The van der Waals surface area contributed by atoms with Crippen LogP contribution in [0.2, 0.25) is 0 Å². The van der Waals surface area contributed by atoms with Gasteiger partial charge in [0.25, 0.3) is 5.91 Å². The van der Waals surface area contributed by atoms with Crippen LogP contribution in [0.1, 0.15) is 33.8 Å². The summed E-state index contributed by atoms with van der Waals surface area (Å²) in [4.78, 5) is 38.6. The number of carbonyl (C=O) groups is 2. The van der Waals surface area contributed by atoms with Gasteiger partial charge in [0.1, 0.15) is 11.4 Å². The molecule has 22 heavy (non-hydrogen) atoms. The highest BCUT2D eigenvalue weighted by Gasteiger charge is 2.30. The van der Waals surface area contributed by atoms with Crippen molar-refractivity contribution < 1.29 is 9.59 Å². The molecule has 0 unspecified atom stereocenters. The van der Waals surface area contributed by atoms with E-state index >= 15 is 0 Å². The van der Waals surface area contributed by atoms with E-state index in [0.717, 1.165) is 12.8 Å². The van der Waals surface area contributed by atoms with Crippen LogP contribution in [0.15, 0.2) is 43.0 Å². The van der Waals surface area contributed by atoms with Gasteiger partial charge in [-0.25, -0.2) is 4.98 Å². The summed E-state index contributed by atoms with van der Waals surface area (Å²) in [7, 11) is 0. The zero-order chi connectivity index (χ0) is 15.4. The largest absolute Gasteiger partial charge is 0.337 e. The number of Topliss-reactive ketones (excluding diaryl/α,β-unsaturated/α-hetero) is 1. The molecule has 112 valence electrons. The Morgan fingerprint density at radius 1 is 1.09 bits per heavy atom. The van der Waals surface area contributed by atoms with E-state index in [1.54, 1.807) is 29.3 Å². The molecule has 1 aliphatic heterocycles. The first-order valence-electron chi connectivity index (χ1n) is 7.26. The SMILES string of the molecule is O=C(c1ccccn1)[C@@H]1CCCN(C(=O)c2cnccn2)C1. The molecular formula is C16H16N4O2. The van der Waals surface area contributed by atoms with Gasteiger partial charge >= 0.3 is 0 Å². The van der Waals surface area contributed by atoms with E-state index in [4.69, 9.17) is 0 Å². The summed E-state index contributed by atoms with van der Waals surface area (Å²) < 4.78 is 0. The lowest BCUT2D eigenvalue weighted by molar-refractivity contribution is 0.0630. The summed E-state index contributed by atoms with van der Waals surface area (Å²) in [6.07, 6.45) is 7.66. The molecule has 0 aliphatic carbocycles. The van der Waals surface area contributed by atoms with Crippen LogP contribution in [0.5, 0.6) is 0 Å². The van der Waals surface area contributed by atoms with Crippen LogP contribution < -0.4 is 0 Å². The molecule has 0 aromatic carbocycles. The van der Waals surface area contributed by atoms with Gasteiger partial charge in [-0.2, -0.15) is 0 Å². The Kier molecular flexibility index (Phi) is 4.18. The molecule has 0 spiro atoms. The number of rotatable bonds is 3. The second kappa shape index (κ2) is 6.43. The zero-order valence-electron chi connectivity index (χ0n) is 12.1. The third-order valence-corrected chi connectivity index (χ3v) is 3.78. The quantitative estimate of drug-likeness (QED) is 0.804. The van der Waals surface area contributed by atoms with Crippen LogP contribution >= 0.6 is 0 Å². The van der Waals surface area contributed by atoms with Gasteiger partial charge in [0.05, 0.1) is 6.20 Å². The molecule has 3 rings (SSSR count). The second-order valence-corrected chi connectivity index (χ2v) is 5.26. The topological polar surface area (TPSA) is 76.1 Å². The van der Waals surface area contributed by atoms with Gasteiger partial charge in [0, 0.05) is 37.6 Å². The lowest BCUT2D eigenvalue weighted by Gasteiger charge is -2.31. The van der Waals surface area contributed by atoms with Gasteiger partial charge in [-0.1, -0.05) is 6.07 Å². The molecule has 6 nitrogen and oxygen atoms in total. The first-order chi connectivity index (χ1) is 10.8. The molecule has 0 radical (unpaired) electrons. The summed E-state index contributed by atoms with van der Waals surface area (Å²) >= 11 is 0. The number of hydrogen-bond acceptors (Lipinski definition) is 5. The number of hydrogen-bond donors (Lipinski definition) is 0. The lowest BCUT2D eigenvalue weighted by Crippen LogP contribution is -2.42. The predicted molar refractivity (Wildman–Crippen MR) is 79.2 cm³/mol. The van der Waals surface area contributed by atoms with Crippen LogP contribution in [-0.4, -0.2) is 44.6 Å². The number of pyridine rings is 1. The normalized spacial score (nSPS) is 18.0.